The van der Waals surface area contributed by atoms with Crippen molar-refractivity contribution < 1.29 is 19.8 Å². The Morgan fingerprint density at radius 2 is 2.18 bits per heavy atom. The summed E-state index contributed by atoms with van der Waals surface area (Å²) < 4.78 is 0. The molecule has 98 valence electrons. The van der Waals surface area contributed by atoms with E-state index in [4.69, 9.17) is 5.11 Å². The molecule has 1 unspecified atom stereocenters. The fourth-order valence-electron chi connectivity index (χ4n) is 2.07. The number of amides is 2. The van der Waals surface area contributed by atoms with Gasteiger partial charge in [0.2, 0.25) is 0 Å². The van der Waals surface area contributed by atoms with Crippen molar-refractivity contribution in [2.45, 2.75) is 25.9 Å². The van der Waals surface area contributed by atoms with Gasteiger partial charge in [-0.15, -0.1) is 0 Å². The number of hydrogen-bond donors (Lipinski definition) is 2. The van der Waals surface area contributed by atoms with E-state index < -0.39 is 18.0 Å². The van der Waals surface area contributed by atoms with Gasteiger partial charge in [0, 0.05) is 26.7 Å². The monoisotopic (exact) mass is 244 g/mol. The van der Waals surface area contributed by atoms with Gasteiger partial charge in [0.1, 0.15) is 0 Å². The van der Waals surface area contributed by atoms with E-state index in [9.17, 15) is 14.7 Å². The van der Waals surface area contributed by atoms with Crippen molar-refractivity contribution in [1.82, 2.24) is 9.80 Å². The van der Waals surface area contributed by atoms with Gasteiger partial charge >= 0.3 is 12.0 Å². The van der Waals surface area contributed by atoms with Crippen LogP contribution in [0.5, 0.6) is 0 Å². The number of urea groups is 1. The lowest BCUT2D eigenvalue weighted by Gasteiger charge is -2.34. The third-order valence-electron chi connectivity index (χ3n) is 2.91. The topological polar surface area (TPSA) is 81.1 Å². The Bertz CT molecular complexity index is 293. The molecule has 0 saturated carbocycles. The van der Waals surface area contributed by atoms with Crippen molar-refractivity contribution in [2.24, 2.45) is 5.92 Å². The molecule has 6 heteroatoms. The largest absolute Gasteiger partial charge is 0.481 e. The fourth-order valence-corrected chi connectivity index (χ4v) is 2.07. The second kappa shape index (κ2) is 5.86. The van der Waals surface area contributed by atoms with Crippen LogP contribution >= 0.6 is 0 Å². The molecular formula is C11H20N2O4. The number of aliphatic hydroxyl groups is 1. The molecule has 0 aromatic rings. The number of likely N-dealkylation sites (N-methyl/N-ethyl adjacent to an activating group) is 1. The van der Waals surface area contributed by atoms with E-state index in [0.29, 0.717) is 19.4 Å². The van der Waals surface area contributed by atoms with Crippen LogP contribution in [0.2, 0.25) is 0 Å². The van der Waals surface area contributed by atoms with Crippen molar-refractivity contribution >= 4 is 12.0 Å². The standard InChI is InChI=1S/C11H20N2O4/c1-8(14)6-12(2)11(17)13-5-3-4-9(7-13)10(15)16/h8-9,14H,3-7H2,1-2H3,(H,15,16)/t8?,9-/m0/s1. The smallest absolute Gasteiger partial charge is 0.319 e. The lowest BCUT2D eigenvalue weighted by molar-refractivity contribution is -0.143. The highest BCUT2D eigenvalue weighted by Gasteiger charge is 2.29. The van der Waals surface area contributed by atoms with Gasteiger partial charge in [-0.1, -0.05) is 0 Å². The average Bonchev–Trinajstić information content (AvgIpc) is 2.27. The molecule has 0 radical (unpaired) electrons. The van der Waals surface area contributed by atoms with E-state index in [1.54, 1.807) is 18.9 Å². The number of nitrogens with zero attached hydrogens (tertiary/aromatic N) is 2. The molecule has 1 aliphatic rings. The summed E-state index contributed by atoms with van der Waals surface area (Å²) in [5.74, 6) is -1.31. The van der Waals surface area contributed by atoms with Crippen molar-refractivity contribution in [3.8, 4) is 0 Å². The lowest BCUT2D eigenvalue weighted by Crippen LogP contribution is -2.48. The van der Waals surface area contributed by atoms with Crippen molar-refractivity contribution in [3.05, 3.63) is 0 Å². The van der Waals surface area contributed by atoms with E-state index >= 15 is 0 Å². The lowest BCUT2D eigenvalue weighted by atomic mass is 9.99. The predicted molar refractivity (Wildman–Crippen MR) is 61.6 cm³/mol. The highest BCUT2D eigenvalue weighted by Crippen LogP contribution is 2.17. The molecule has 6 nitrogen and oxygen atoms in total. The van der Waals surface area contributed by atoms with Crippen LogP contribution in [0.1, 0.15) is 19.8 Å². The molecule has 0 aromatic heterocycles. The summed E-state index contributed by atoms with van der Waals surface area (Å²) in [5, 5.41) is 18.1. The Morgan fingerprint density at radius 1 is 1.53 bits per heavy atom. The zero-order valence-electron chi connectivity index (χ0n) is 10.3. The first-order valence-corrected chi connectivity index (χ1v) is 5.82. The Balaban J connectivity index is 2.54. The van der Waals surface area contributed by atoms with Gasteiger partial charge in [0.25, 0.3) is 0 Å². The van der Waals surface area contributed by atoms with Gasteiger partial charge in [0.05, 0.1) is 12.0 Å². The van der Waals surface area contributed by atoms with Crippen LogP contribution in [-0.4, -0.2) is 64.8 Å². The van der Waals surface area contributed by atoms with Crippen LogP contribution in [-0.2, 0) is 4.79 Å². The second-order valence-corrected chi connectivity index (χ2v) is 4.64. The Hall–Kier alpha value is -1.30. The Morgan fingerprint density at radius 3 is 2.71 bits per heavy atom. The van der Waals surface area contributed by atoms with Gasteiger partial charge in [-0.25, -0.2) is 4.79 Å². The zero-order valence-corrected chi connectivity index (χ0v) is 10.3. The van der Waals surface area contributed by atoms with E-state index in [2.05, 4.69) is 0 Å². The minimum Gasteiger partial charge on any atom is -0.481 e. The molecular weight excluding hydrogens is 224 g/mol. The summed E-state index contributed by atoms with van der Waals surface area (Å²) in [6, 6.07) is -0.211. The van der Waals surface area contributed by atoms with Gasteiger partial charge in [-0.05, 0) is 19.8 Å². The number of carbonyl (C=O) groups excluding carboxylic acids is 1. The number of hydrogen-bond acceptors (Lipinski definition) is 3. The summed E-state index contributed by atoms with van der Waals surface area (Å²) >= 11 is 0. The summed E-state index contributed by atoms with van der Waals surface area (Å²) in [6.45, 7) is 2.72. The molecule has 1 fully saturated rings. The Kier molecular flexibility index (Phi) is 4.74. The van der Waals surface area contributed by atoms with Crippen molar-refractivity contribution in [3.63, 3.8) is 0 Å². The van der Waals surface area contributed by atoms with Gasteiger partial charge < -0.3 is 20.0 Å². The molecule has 1 rings (SSSR count). The maximum absolute atomic E-state index is 11.9. The highest BCUT2D eigenvalue weighted by atomic mass is 16.4. The number of carboxylic acids is 1. The third-order valence-corrected chi connectivity index (χ3v) is 2.91. The molecule has 2 N–H and O–H groups in total. The number of piperidine rings is 1. The fraction of sp³-hybridized carbons (Fsp3) is 0.818. The molecule has 0 bridgehead atoms. The van der Waals surface area contributed by atoms with Gasteiger partial charge in [0.15, 0.2) is 0 Å². The average molecular weight is 244 g/mol. The van der Waals surface area contributed by atoms with E-state index in [1.165, 1.54) is 4.90 Å². The minimum absolute atomic E-state index is 0.211. The maximum Gasteiger partial charge on any atom is 0.319 e. The molecule has 2 amide bonds. The number of rotatable bonds is 3. The molecule has 1 aliphatic heterocycles. The van der Waals surface area contributed by atoms with Crippen LogP contribution in [0.25, 0.3) is 0 Å². The second-order valence-electron chi connectivity index (χ2n) is 4.64. The van der Waals surface area contributed by atoms with E-state index in [1.807, 2.05) is 0 Å². The molecule has 0 spiro atoms. The summed E-state index contributed by atoms with van der Waals surface area (Å²) in [5.41, 5.74) is 0. The summed E-state index contributed by atoms with van der Waals surface area (Å²) in [6.07, 6.45) is 0.758. The quantitative estimate of drug-likeness (QED) is 0.744. The van der Waals surface area contributed by atoms with Crippen LogP contribution in [0.3, 0.4) is 0 Å². The number of carbonyl (C=O) groups is 2. The molecule has 1 saturated heterocycles. The molecule has 0 aliphatic carbocycles. The van der Waals surface area contributed by atoms with Gasteiger partial charge in [-0.3, -0.25) is 4.79 Å². The molecule has 2 atom stereocenters. The zero-order chi connectivity index (χ0) is 13.0. The normalized spacial score (nSPS) is 22.1. The number of likely N-dealkylation sites (tertiary alicyclic amines) is 1. The summed E-state index contributed by atoms with van der Waals surface area (Å²) in [7, 11) is 1.61. The predicted octanol–water partition coefficient (Wildman–Crippen LogP) is 0.216. The molecule has 17 heavy (non-hydrogen) atoms. The number of carboxylic acid groups (broad SMARTS) is 1. The first-order chi connectivity index (χ1) is 7.91. The van der Waals surface area contributed by atoms with Crippen LogP contribution in [0, 0.1) is 5.92 Å². The van der Waals surface area contributed by atoms with Crippen LogP contribution < -0.4 is 0 Å². The Labute approximate surface area is 101 Å². The number of aliphatic hydroxyl groups excluding tert-OH is 1. The first-order valence-electron chi connectivity index (χ1n) is 5.82. The molecule has 1 heterocycles. The van der Waals surface area contributed by atoms with E-state index in [-0.39, 0.29) is 19.1 Å². The van der Waals surface area contributed by atoms with Crippen LogP contribution in [0.15, 0.2) is 0 Å². The minimum atomic E-state index is -0.847. The summed E-state index contributed by atoms with van der Waals surface area (Å²) in [4.78, 5) is 25.8. The van der Waals surface area contributed by atoms with Gasteiger partial charge in [-0.2, -0.15) is 0 Å². The van der Waals surface area contributed by atoms with Crippen molar-refractivity contribution in [2.75, 3.05) is 26.7 Å². The third kappa shape index (κ3) is 3.89. The number of aliphatic carboxylic acids is 1. The molecule has 0 aromatic carbocycles. The van der Waals surface area contributed by atoms with E-state index in [0.717, 1.165) is 0 Å². The van der Waals surface area contributed by atoms with Crippen molar-refractivity contribution in [1.29, 1.82) is 0 Å². The maximum atomic E-state index is 11.9. The van der Waals surface area contributed by atoms with Crippen LogP contribution in [0.4, 0.5) is 4.79 Å². The highest BCUT2D eigenvalue weighted by molar-refractivity contribution is 5.76. The SMILES string of the molecule is CC(O)CN(C)C(=O)N1CCC[C@H](C(=O)O)C1. The first kappa shape index (κ1) is 13.8.